The summed E-state index contributed by atoms with van der Waals surface area (Å²) in [5.74, 6) is 0. The Hall–Kier alpha value is -2.35. The van der Waals surface area contributed by atoms with Crippen molar-refractivity contribution in [1.82, 2.24) is 9.78 Å². The fourth-order valence-electron chi connectivity index (χ4n) is 1.73. The van der Waals surface area contributed by atoms with E-state index in [1.165, 1.54) is 4.68 Å². The van der Waals surface area contributed by atoms with Crippen molar-refractivity contribution in [3.63, 3.8) is 0 Å². The van der Waals surface area contributed by atoms with Gasteiger partial charge in [-0.3, -0.25) is 0 Å². The molecule has 0 spiro atoms. The first kappa shape index (κ1) is 13.1. The fourth-order valence-corrected chi connectivity index (χ4v) is 1.73. The van der Waals surface area contributed by atoms with Crippen LogP contribution >= 0.6 is 0 Å². The summed E-state index contributed by atoms with van der Waals surface area (Å²) in [6, 6.07) is 7.53. The average Bonchev–Trinajstić information content (AvgIpc) is 2.70. The highest BCUT2D eigenvalue weighted by Crippen LogP contribution is 2.18. The van der Waals surface area contributed by atoms with Gasteiger partial charge in [-0.1, -0.05) is 6.07 Å². The highest BCUT2D eigenvalue weighted by molar-refractivity contribution is 5.88. The number of hydrogen-bond donors (Lipinski definition) is 0. The lowest BCUT2D eigenvalue weighted by Gasteiger charge is -2.19. The molecule has 0 radical (unpaired) electrons. The number of benzene rings is 1. The predicted molar refractivity (Wildman–Crippen MR) is 70.7 cm³/mol. The Morgan fingerprint density at radius 3 is 2.84 bits per heavy atom. The smallest absolute Gasteiger partial charge is 0.435 e. The molecule has 19 heavy (non-hydrogen) atoms. The van der Waals surface area contributed by atoms with Crippen LogP contribution < -0.4 is 0 Å². The highest BCUT2D eigenvalue weighted by Gasteiger charge is 2.19. The first-order chi connectivity index (χ1) is 8.90. The van der Waals surface area contributed by atoms with Crippen LogP contribution in [0.2, 0.25) is 0 Å². The third-order valence-corrected chi connectivity index (χ3v) is 2.48. The van der Waals surface area contributed by atoms with E-state index in [1.54, 1.807) is 12.3 Å². The van der Waals surface area contributed by atoms with Crippen molar-refractivity contribution in [2.45, 2.75) is 32.8 Å². The molecule has 98 valence electrons. The zero-order chi connectivity index (χ0) is 14.0. The van der Waals surface area contributed by atoms with Crippen molar-refractivity contribution < 1.29 is 9.53 Å². The van der Waals surface area contributed by atoms with Crippen molar-refractivity contribution in [2.24, 2.45) is 0 Å². The van der Waals surface area contributed by atoms with E-state index in [0.29, 0.717) is 11.9 Å². The van der Waals surface area contributed by atoms with Crippen LogP contribution in [0.1, 0.15) is 26.3 Å². The quantitative estimate of drug-likeness (QED) is 0.787. The molecular weight excluding hydrogens is 242 g/mol. The molecule has 0 atom stereocenters. The fraction of sp³-hybridized carbons (Fsp3) is 0.357. The van der Waals surface area contributed by atoms with Gasteiger partial charge in [0.1, 0.15) is 5.60 Å². The Bertz CT molecular complexity index is 659. The summed E-state index contributed by atoms with van der Waals surface area (Å²) >= 11 is 0. The Kier molecular flexibility index (Phi) is 3.26. The molecule has 1 aromatic carbocycles. The van der Waals surface area contributed by atoms with Crippen LogP contribution in [0.15, 0.2) is 24.4 Å². The average molecular weight is 257 g/mol. The van der Waals surface area contributed by atoms with E-state index in [9.17, 15) is 4.79 Å². The van der Waals surface area contributed by atoms with E-state index >= 15 is 0 Å². The molecule has 0 amide bonds. The molecule has 1 aromatic heterocycles. The van der Waals surface area contributed by atoms with E-state index in [2.05, 4.69) is 11.2 Å². The second-order valence-electron chi connectivity index (χ2n) is 5.26. The Balaban J connectivity index is 2.36. The summed E-state index contributed by atoms with van der Waals surface area (Å²) in [4.78, 5) is 12.0. The number of rotatable bonds is 1. The van der Waals surface area contributed by atoms with Crippen LogP contribution in [-0.2, 0) is 11.2 Å². The molecule has 0 fully saturated rings. The molecule has 2 rings (SSSR count). The molecule has 0 aliphatic rings. The molecule has 0 N–H and O–H groups in total. The third-order valence-electron chi connectivity index (χ3n) is 2.48. The number of ether oxygens (including phenoxy) is 1. The number of hydrogen-bond acceptors (Lipinski definition) is 4. The lowest BCUT2D eigenvalue weighted by Crippen LogP contribution is -2.27. The lowest BCUT2D eigenvalue weighted by atomic mass is 10.1. The van der Waals surface area contributed by atoms with Crippen LogP contribution in [0.25, 0.3) is 10.9 Å². The van der Waals surface area contributed by atoms with Crippen molar-refractivity contribution >= 4 is 17.0 Å². The monoisotopic (exact) mass is 257 g/mol. The summed E-state index contributed by atoms with van der Waals surface area (Å²) in [6.07, 6.45) is 1.43. The van der Waals surface area contributed by atoms with Gasteiger partial charge in [-0.15, -0.1) is 0 Å². The van der Waals surface area contributed by atoms with Gasteiger partial charge in [-0.25, -0.2) is 4.79 Å². The van der Waals surface area contributed by atoms with Crippen LogP contribution in [0, 0.1) is 11.3 Å². The number of aromatic nitrogens is 2. The Morgan fingerprint density at radius 1 is 1.47 bits per heavy atom. The summed E-state index contributed by atoms with van der Waals surface area (Å²) in [5, 5.41) is 13.5. The standard InChI is InChI=1S/C14H15N3O2/c1-14(2,3)19-13(18)17-12-5-4-10(6-7-15)8-11(12)9-16-17/h4-5,8-9H,6H2,1-3H3. The van der Waals surface area contributed by atoms with Gasteiger partial charge < -0.3 is 4.74 Å². The van der Waals surface area contributed by atoms with Gasteiger partial charge in [0.15, 0.2) is 0 Å². The largest absolute Gasteiger partial charge is 0.442 e. The molecule has 5 heteroatoms. The molecule has 0 saturated heterocycles. The van der Waals surface area contributed by atoms with E-state index in [1.807, 2.05) is 32.9 Å². The van der Waals surface area contributed by atoms with Gasteiger partial charge in [-0.05, 0) is 38.5 Å². The summed E-state index contributed by atoms with van der Waals surface area (Å²) < 4.78 is 6.51. The topological polar surface area (TPSA) is 67.9 Å². The minimum Gasteiger partial charge on any atom is -0.442 e. The maximum Gasteiger partial charge on any atom is 0.435 e. The molecule has 0 saturated carbocycles. The molecule has 2 aromatic rings. The molecule has 0 aliphatic heterocycles. The molecule has 0 aliphatic carbocycles. The van der Waals surface area contributed by atoms with Gasteiger partial charge in [0, 0.05) is 5.39 Å². The minimum absolute atomic E-state index is 0.341. The number of carbonyl (C=O) groups is 1. The van der Waals surface area contributed by atoms with E-state index in [0.717, 1.165) is 10.9 Å². The zero-order valence-corrected chi connectivity index (χ0v) is 11.2. The van der Waals surface area contributed by atoms with Gasteiger partial charge >= 0.3 is 6.09 Å². The van der Waals surface area contributed by atoms with E-state index in [-0.39, 0.29) is 0 Å². The number of carbonyl (C=O) groups excluding carboxylic acids is 1. The number of fused-ring (bicyclic) bond motifs is 1. The molecule has 0 bridgehead atoms. The van der Waals surface area contributed by atoms with Crippen molar-refractivity contribution in [3.05, 3.63) is 30.0 Å². The number of nitriles is 1. The van der Waals surface area contributed by atoms with E-state index < -0.39 is 11.7 Å². The van der Waals surface area contributed by atoms with Gasteiger partial charge in [0.2, 0.25) is 0 Å². The predicted octanol–water partition coefficient (Wildman–Crippen LogP) is 2.89. The third kappa shape index (κ3) is 2.91. The van der Waals surface area contributed by atoms with Crippen LogP contribution in [0.3, 0.4) is 0 Å². The maximum absolute atomic E-state index is 12.0. The second kappa shape index (κ2) is 4.73. The highest BCUT2D eigenvalue weighted by atomic mass is 16.6. The molecule has 5 nitrogen and oxygen atoms in total. The Morgan fingerprint density at radius 2 is 2.21 bits per heavy atom. The molecule has 0 unspecified atom stereocenters. The van der Waals surface area contributed by atoms with Crippen molar-refractivity contribution in [3.8, 4) is 6.07 Å². The first-order valence-corrected chi connectivity index (χ1v) is 5.98. The summed E-state index contributed by atoms with van der Waals surface area (Å²) in [7, 11) is 0. The van der Waals surface area contributed by atoms with Crippen LogP contribution in [-0.4, -0.2) is 21.5 Å². The second-order valence-corrected chi connectivity index (χ2v) is 5.26. The zero-order valence-electron chi connectivity index (χ0n) is 11.2. The number of nitrogens with zero attached hydrogens (tertiary/aromatic N) is 3. The minimum atomic E-state index is -0.559. The molecular formula is C14H15N3O2. The Labute approximate surface area is 111 Å². The maximum atomic E-state index is 12.0. The summed E-state index contributed by atoms with van der Waals surface area (Å²) in [6.45, 7) is 5.42. The van der Waals surface area contributed by atoms with E-state index in [4.69, 9.17) is 10.00 Å². The van der Waals surface area contributed by atoms with Crippen molar-refractivity contribution in [1.29, 1.82) is 5.26 Å². The van der Waals surface area contributed by atoms with Crippen LogP contribution in [0.5, 0.6) is 0 Å². The van der Waals surface area contributed by atoms with Crippen LogP contribution in [0.4, 0.5) is 4.79 Å². The van der Waals surface area contributed by atoms with Gasteiger partial charge in [-0.2, -0.15) is 15.0 Å². The first-order valence-electron chi connectivity index (χ1n) is 5.98. The summed E-state index contributed by atoms with van der Waals surface area (Å²) in [5.41, 5.74) is 1.02. The normalized spacial score (nSPS) is 11.3. The molecule has 1 heterocycles. The lowest BCUT2D eigenvalue weighted by molar-refractivity contribution is 0.0523. The SMILES string of the molecule is CC(C)(C)OC(=O)n1ncc2cc(CC#N)ccc21. The van der Waals surface area contributed by atoms with Crippen molar-refractivity contribution in [2.75, 3.05) is 0 Å². The van der Waals surface area contributed by atoms with Gasteiger partial charge in [0.25, 0.3) is 0 Å². The van der Waals surface area contributed by atoms with Gasteiger partial charge in [0.05, 0.1) is 24.2 Å².